The lowest BCUT2D eigenvalue weighted by atomic mass is 10.0. The van der Waals surface area contributed by atoms with Crippen LogP contribution in [0.1, 0.15) is 27.2 Å². The van der Waals surface area contributed by atoms with Gasteiger partial charge in [-0.2, -0.15) is 0 Å². The summed E-state index contributed by atoms with van der Waals surface area (Å²) >= 11 is 0. The van der Waals surface area contributed by atoms with E-state index in [1.54, 1.807) is 11.9 Å². The van der Waals surface area contributed by atoms with Gasteiger partial charge in [0.05, 0.1) is 0 Å². The molecule has 12 heavy (non-hydrogen) atoms. The number of hydrogen-bond acceptors (Lipinski definition) is 1. The Labute approximate surface area is 75.1 Å². The third kappa shape index (κ3) is 3.60. The van der Waals surface area contributed by atoms with E-state index in [1.807, 2.05) is 7.05 Å². The highest BCUT2D eigenvalue weighted by molar-refractivity contribution is 5.73. The molecule has 0 aromatic heterocycles. The predicted octanol–water partition coefficient (Wildman–Crippen LogP) is 1.69. The number of rotatable bonds is 3. The van der Waals surface area contributed by atoms with E-state index in [2.05, 4.69) is 26.1 Å². The number of carbonyl (C=O) groups excluding carboxylic acids is 1. The lowest BCUT2D eigenvalue weighted by molar-refractivity contribution is 0.189. The topological polar surface area (TPSA) is 32.3 Å². The van der Waals surface area contributed by atoms with Gasteiger partial charge in [-0.1, -0.05) is 13.8 Å². The Morgan fingerprint density at radius 2 is 1.92 bits per heavy atom. The number of carbonyl (C=O) groups is 1. The molecule has 0 aromatic carbocycles. The first-order valence-electron chi connectivity index (χ1n) is 4.43. The Balaban J connectivity index is 3.91. The van der Waals surface area contributed by atoms with E-state index in [4.69, 9.17) is 0 Å². The molecule has 0 spiro atoms. The van der Waals surface area contributed by atoms with Gasteiger partial charge in [0.15, 0.2) is 0 Å². The van der Waals surface area contributed by atoms with Gasteiger partial charge < -0.3 is 10.2 Å². The number of amides is 2. The van der Waals surface area contributed by atoms with Crippen LogP contribution in [0.2, 0.25) is 0 Å². The van der Waals surface area contributed by atoms with Crippen LogP contribution in [-0.4, -0.2) is 31.1 Å². The summed E-state index contributed by atoms with van der Waals surface area (Å²) in [6.07, 6.45) is 1.05. The number of hydrogen-bond donors (Lipinski definition) is 1. The molecule has 72 valence electrons. The van der Waals surface area contributed by atoms with Crippen molar-refractivity contribution in [2.75, 3.05) is 14.1 Å². The highest BCUT2D eigenvalue weighted by Crippen LogP contribution is 2.08. The summed E-state index contributed by atoms with van der Waals surface area (Å²) in [7, 11) is 3.48. The van der Waals surface area contributed by atoms with Crippen molar-refractivity contribution in [1.29, 1.82) is 0 Å². The predicted molar refractivity (Wildman–Crippen MR) is 51.1 cm³/mol. The molecule has 0 aliphatic heterocycles. The van der Waals surface area contributed by atoms with E-state index in [0.717, 1.165) is 6.42 Å². The van der Waals surface area contributed by atoms with Crippen molar-refractivity contribution in [2.45, 2.75) is 33.2 Å². The van der Waals surface area contributed by atoms with Crippen LogP contribution in [-0.2, 0) is 0 Å². The molecule has 0 saturated heterocycles. The summed E-state index contributed by atoms with van der Waals surface area (Å²) in [5.74, 6) is 0.632. The molecule has 0 aliphatic carbocycles. The Bertz CT molecular complexity index is 145. The maximum atomic E-state index is 11.1. The second kappa shape index (κ2) is 5.01. The van der Waals surface area contributed by atoms with E-state index in [0.29, 0.717) is 12.0 Å². The average Bonchev–Trinajstić information content (AvgIpc) is 2.00. The Morgan fingerprint density at radius 3 is 2.25 bits per heavy atom. The first kappa shape index (κ1) is 11.3. The quantitative estimate of drug-likeness (QED) is 0.690. The van der Waals surface area contributed by atoms with Gasteiger partial charge in [0.1, 0.15) is 0 Å². The summed E-state index contributed by atoms with van der Waals surface area (Å²) < 4.78 is 0. The third-order valence-electron chi connectivity index (χ3n) is 2.01. The second-order valence-electron chi connectivity index (χ2n) is 3.64. The van der Waals surface area contributed by atoms with Crippen molar-refractivity contribution >= 4 is 6.03 Å². The summed E-state index contributed by atoms with van der Waals surface area (Å²) in [5.41, 5.74) is 0. The molecule has 1 atom stereocenters. The summed E-state index contributed by atoms with van der Waals surface area (Å²) in [6, 6.07) is 0.299. The summed E-state index contributed by atoms with van der Waals surface area (Å²) in [4.78, 5) is 12.9. The molecule has 3 nitrogen and oxygen atoms in total. The molecule has 1 N–H and O–H groups in total. The zero-order chi connectivity index (χ0) is 9.72. The molecule has 0 rings (SSSR count). The van der Waals surface area contributed by atoms with Gasteiger partial charge in [0.2, 0.25) is 0 Å². The van der Waals surface area contributed by atoms with Crippen LogP contribution >= 0.6 is 0 Å². The zero-order valence-electron chi connectivity index (χ0n) is 8.72. The van der Waals surface area contributed by atoms with Crippen LogP contribution in [0.3, 0.4) is 0 Å². The van der Waals surface area contributed by atoms with Gasteiger partial charge in [0.25, 0.3) is 0 Å². The minimum absolute atomic E-state index is 0.0110. The first-order chi connectivity index (χ1) is 5.49. The molecule has 0 radical (unpaired) electrons. The fourth-order valence-electron chi connectivity index (χ4n) is 1.22. The van der Waals surface area contributed by atoms with E-state index < -0.39 is 0 Å². The molecule has 3 heteroatoms. The molecule has 0 aromatic rings. The lowest BCUT2D eigenvalue weighted by Crippen LogP contribution is -2.41. The van der Waals surface area contributed by atoms with E-state index in [1.165, 1.54) is 0 Å². The molecular weight excluding hydrogens is 152 g/mol. The van der Waals surface area contributed by atoms with Gasteiger partial charge >= 0.3 is 6.03 Å². The molecule has 0 aliphatic rings. The third-order valence-corrected chi connectivity index (χ3v) is 2.01. The molecule has 0 fully saturated rings. The van der Waals surface area contributed by atoms with E-state index in [-0.39, 0.29) is 6.03 Å². The summed E-state index contributed by atoms with van der Waals surface area (Å²) in [5, 5.41) is 2.61. The standard InChI is InChI=1S/C9H20N2O/c1-7(2)6-8(3)11(5)9(12)10-4/h7-8H,6H2,1-5H3,(H,10,12)/t8-/m1/s1. The van der Waals surface area contributed by atoms with Crippen LogP contribution in [0.4, 0.5) is 4.79 Å². The van der Waals surface area contributed by atoms with E-state index >= 15 is 0 Å². The largest absolute Gasteiger partial charge is 0.341 e. The van der Waals surface area contributed by atoms with Crippen molar-refractivity contribution in [3.63, 3.8) is 0 Å². The normalized spacial score (nSPS) is 12.8. The minimum atomic E-state index is -0.0110. The van der Waals surface area contributed by atoms with Gasteiger partial charge in [-0.05, 0) is 19.3 Å². The Kier molecular flexibility index (Phi) is 4.71. The van der Waals surface area contributed by atoms with Crippen molar-refractivity contribution in [1.82, 2.24) is 10.2 Å². The average molecular weight is 172 g/mol. The van der Waals surface area contributed by atoms with Crippen LogP contribution in [0.25, 0.3) is 0 Å². The summed E-state index contributed by atoms with van der Waals surface area (Å²) in [6.45, 7) is 6.39. The fourth-order valence-corrected chi connectivity index (χ4v) is 1.22. The minimum Gasteiger partial charge on any atom is -0.341 e. The van der Waals surface area contributed by atoms with Gasteiger partial charge in [-0.25, -0.2) is 4.79 Å². The number of urea groups is 1. The molecule has 0 unspecified atom stereocenters. The molecule has 0 bridgehead atoms. The van der Waals surface area contributed by atoms with Crippen molar-refractivity contribution in [3.8, 4) is 0 Å². The van der Waals surface area contributed by atoms with Crippen LogP contribution in [0.5, 0.6) is 0 Å². The molecule has 0 heterocycles. The molecule has 0 saturated carbocycles. The lowest BCUT2D eigenvalue weighted by Gasteiger charge is -2.25. The monoisotopic (exact) mass is 172 g/mol. The molecule has 2 amide bonds. The van der Waals surface area contributed by atoms with Crippen molar-refractivity contribution in [2.24, 2.45) is 5.92 Å². The SMILES string of the molecule is CNC(=O)N(C)[C@H](C)CC(C)C. The van der Waals surface area contributed by atoms with Crippen molar-refractivity contribution in [3.05, 3.63) is 0 Å². The second-order valence-corrected chi connectivity index (χ2v) is 3.64. The maximum Gasteiger partial charge on any atom is 0.317 e. The Morgan fingerprint density at radius 1 is 1.42 bits per heavy atom. The zero-order valence-corrected chi connectivity index (χ0v) is 8.72. The smallest absolute Gasteiger partial charge is 0.317 e. The van der Waals surface area contributed by atoms with Gasteiger partial charge in [-0.15, -0.1) is 0 Å². The first-order valence-corrected chi connectivity index (χ1v) is 4.43. The van der Waals surface area contributed by atoms with Gasteiger partial charge in [-0.3, -0.25) is 0 Å². The number of nitrogens with zero attached hydrogens (tertiary/aromatic N) is 1. The maximum absolute atomic E-state index is 11.1. The fraction of sp³-hybridized carbons (Fsp3) is 0.889. The number of nitrogens with one attached hydrogen (secondary N) is 1. The van der Waals surface area contributed by atoms with Crippen LogP contribution in [0, 0.1) is 5.92 Å². The van der Waals surface area contributed by atoms with Crippen molar-refractivity contribution < 1.29 is 4.79 Å². The van der Waals surface area contributed by atoms with Gasteiger partial charge in [0, 0.05) is 20.1 Å². The highest BCUT2D eigenvalue weighted by Gasteiger charge is 2.14. The van der Waals surface area contributed by atoms with Crippen LogP contribution in [0.15, 0.2) is 0 Å². The highest BCUT2D eigenvalue weighted by atomic mass is 16.2. The van der Waals surface area contributed by atoms with Crippen LogP contribution < -0.4 is 5.32 Å². The Hall–Kier alpha value is -0.730. The van der Waals surface area contributed by atoms with E-state index in [9.17, 15) is 4.79 Å². The molecular formula is C9H20N2O.